The van der Waals surface area contributed by atoms with Crippen LogP contribution >= 0.6 is 0 Å². The van der Waals surface area contributed by atoms with Crippen molar-refractivity contribution in [2.75, 3.05) is 12.3 Å². The molecule has 1 atom stereocenters. The van der Waals surface area contributed by atoms with E-state index in [1.165, 1.54) is 12.1 Å². The predicted octanol–water partition coefficient (Wildman–Crippen LogP) is 1.34. The maximum atomic E-state index is 13.7. The number of aliphatic hydroxyl groups excluding tert-OH is 1. The molecule has 0 spiro atoms. The maximum absolute atomic E-state index is 13.7. The first-order valence-corrected chi connectivity index (χ1v) is 10.0. The summed E-state index contributed by atoms with van der Waals surface area (Å²) in [6, 6.07) is 5.85. The number of rotatable bonds is 6. The monoisotopic (exact) mass is 420 g/mol. The quantitative estimate of drug-likeness (QED) is 0.405. The topological polar surface area (TPSA) is 118 Å². The molecule has 0 radical (unpaired) electrons. The Morgan fingerprint density at radius 2 is 2.16 bits per heavy atom. The largest absolute Gasteiger partial charge is 0.396 e. The number of pyridine rings is 1. The Labute approximate surface area is 178 Å². The van der Waals surface area contributed by atoms with Gasteiger partial charge in [-0.15, -0.1) is 0 Å². The van der Waals surface area contributed by atoms with Gasteiger partial charge in [-0.05, 0) is 36.7 Å². The van der Waals surface area contributed by atoms with Crippen LogP contribution in [0.25, 0.3) is 27.7 Å². The number of nitrogen functional groups attached to an aromatic ring is 1. The number of carbonyl (C=O) groups is 1. The molecule has 4 aromatic rings. The minimum atomic E-state index is -0.409. The van der Waals surface area contributed by atoms with Crippen LogP contribution in [0.3, 0.4) is 0 Å². The van der Waals surface area contributed by atoms with Gasteiger partial charge in [-0.3, -0.25) is 9.78 Å². The zero-order chi connectivity index (χ0) is 22.1. The van der Waals surface area contributed by atoms with Gasteiger partial charge in [-0.2, -0.15) is 9.61 Å². The highest BCUT2D eigenvalue weighted by atomic mass is 19.1. The summed E-state index contributed by atoms with van der Waals surface area (Å²) in [6.07, 6.45) is 3.36. The highest BCUT2D eigenvalue weighted by Crippen LogP contribution is 2.28. The van der Waals surface area contributed by atoms with E-state index in [-0.39, 0.29) is 24.8 Å². The van der Waals surface area contributed by atoms with E-state index in [0.29, 0.717) is 40.9 Å². The van der Waals surface area contributed by atoms with E-state index >= 15 is 0 Å². The fourth-order valence-corrected chi connectivity index (χ4v) is 3.72. The fourth-order valence-electron chi connectivity index (χ4n) is 3.72. The van der Waals surface area contributed by atoms with Crippen molar-refractivity contribution in [2.45, 2.75) is 26.2 Å². The van der Waals surface area contributed by atoms with Gasteiger partial charge in [0.15, 0.2) is 12.9 Å². The highest BCUT2D eigenvalue weighted by Gasteiger charge is 2.21. The summed E-state index contributed by atoms with van der Waals surface area (Å²) in [5.41, 5.74) is 10.5. The number of nitrogens with two attached hydrogens (primary N) is 1. The van der Waals surface area contributed by atoms with Crippen molar-refractivity contribution >= 4 is 41.0 Å². The number of halogens is 1. The number of nitrogens with one attached hydrogen (secondary N) is 1. The normalized spacial score (nSPS) is 12.3. The minimum absolute atomic E-state index is 0.0147. The summed E-state index contributed by atoms with van der Waals surface area (Å²) in [7, 11) is 0.607. The number of nitrogens with zero attached hydrogens (tertiary/aromatic N) is 4. The van der Waals surface area contributed by atoms with E-state index in [0.717, 1.165) is 11.0 Å². The third kappa shape index (κ3) is 3.82. The van der Waals surface area contributed by atoms with Crippen LogP contribution in [0, 0.1) is 5.82 Å². The first kappa shape index (κ1) is 20.7. The summed E-state index contributed by atoms with van der Waals surface area (Å²) < 4.78 is 15.2. The smallest absolute Gasteiger partial charge is 0.222 e. The number of hydrogen-bond acceptors (Lipinski definition) is 6. The van der Waals surface area contributed by atoms with Crippen molar-refractivity contribution in [1.82, 2.24) is 24.9 Å². The first-order valence-electron chi connectivity index (χ1n) is 10.0. The van der Waals surface area contributed by atoms with E-state index in [1.54, 1.807) is 23.0 Å². The SMILES string of the molecule is CBc1c(C(C)NC(=O)CCO)nc2c(-c3cnc4ccc(F)cc4c3)cnn2c1N. The number of carbonyl (C=O) groups excluding carboxylic acids is 1. The van der Waals surface area contributed by atoms with Crippen LogP contribution in [0.1, 0.15) is 25.1 Å². The van der Waals surface area contributed by atoms with Crippen molar-refractivity contribution in [3.05, 3.63) is 48.2 Å². The van der Waals surface area contributed by atoms with Crippen molar-refractivity contribution in [1.29, 1.82) is 0 Å². The fraction of sp³-hybridized carbons (Fsp3) is 0.238. The standard InChI is InChI=1S/C21H22BFN6O2/c1-11(27-17(31)5-6-30)19-18(22-2)20(24)29-21(28-19)15(10-26-29)13-7-12-8-14(23)3-4-16(12)25-9-13/h3-4,7-11,22,30H,5-6,24H2,1-2H3,(H,27,31). The summed E-state index contributed by atoms with van der Waals surface area (Å²) in [5, 5.41) is 16.9. The molecular weight excluding hydrogens is 398 g/mol. The van der Waals surface area contributed by atoms with Crippen molar-refractivity contribution in [2.24, 2.45) is 0 Å². The Morgan fingerprint density at radius 1 is 1.35 bits per heavy atom. The molecule has 0 aliphatic rings. The molecule has 3 heterocycles. The number of aromatic nitrogens is 4. The third-order valence-electron chi connectivity index (χ3n) is 5.25. The van der Waals surface area contributed by atoms with Crippen molar-refractivity contribution in [3.8, 4) is 11.1 Å². The maximum Gasteiger partial charge on any atom is 0.222 e. The molecule has 0 aliphatic heterocycles. The second-order valence-electron chi connectivity index (χ2n) is 7.33. The average Bonchev–Trinajstić information content (AvgIpc) is 3.17. The van der Waals surface area contributed by atoms with Gasteiger partial charge in [0.1, 0.15) is 11.6 Å². The third-order valence-corrected chi connectivity index (χ3v) is 5.25. The number of fused-ring (bicyclic) bond motifs is 2. The van der Waals surface area contributed by atoms with Crippen molar-refractivity contribution < 1.29 is 14.3 Å². The molecule has 0 saturated carbocycles. The highest BCUT2D eigenvalue weighted by molar-refractivity contribution is 6.54. The molecule has 4 N–H and O–H groups in total. The molecule has 8 nitrogen and oxygen atoms in total. The lowest BCUT2D eigenvalue weighted by atomic mass is 9.71. The molecule has 3 aromatic heterocycles. The van der Waals surface area contributed by atoms with Gasteiger partial charge in [-0.1, -0.05) is 6.82 Å². The molecule has 0 saturated heterocycles. The Kier molecular flexibility index (Phi) is 5.56. The molecule has 0 bridgehead atoms. The Morgan fingerprint density at radius 3 is 2.90 bits per heavy atom. The second-order valence-corrected chi connectivity index (χ2v) is 7.33. The summed E-state index contributed by atoms with van der Waals surface area (Å²) >= 11 is 0. The first-order chi connectivity index (χ1) is 14.9. The molecule has 4 rings (SSSR count). The number of benzene rings is 1. The molecule has 1 unspecified atom stereocenters. The van der Waals surface area contributed by atoms with Crippen LogP contribution in [-0.4, -0.2) is 44.5 Å². The minimum Gasteiger partial charge on any atom is -0.396 e. The molecule has 1 amide bonds. The molecule has 0 aliphatic carbocycles. The predicted molar refractivity (Wildman–Crippen MR) is 119 cm³/mol. The van der Waals surface area contributed by atoms with Crippen LogP contribution in [0.4, 0.5) is 10.2 Å². The van der Waals surface area contributed by atoms with Crippen LogP contribution in [0.2, 0.25) is 6.82 Å². The Balaban J connectivity index is 1.85. The van der Waals surface area contributed by atoms with Crippen LogP contribution in [-0.2, 0) is 4.79 Å². The second kappa shape index (κ2) is 8.31. The van der Waals surface area contributed by atoms with Gasteiger partial charge >= 0.3 is 0 Å². The van der Waals surface area contributed by atoms with E-state index in [4.69, 9.17) is 15.8 Å². The number of aliphatic hydroxyl groups is 1. The number of anilines is 1. The molecule has 31 heavy (non-hydrogen) atoms. The van der Waals surface area contributed by atoms with E-state index in [1.807, 2.05) is 19.8 Å². The summed E-state index contributed by atoms with van der Waals surface area (Å²) in [5.74, 6) is -0.167. The lowest BCUT2D eigenvalue weighted by Gasteiger charge is -2.19. The van der Waals surface area contributed by atoms with Gasteiger partial charge in [0.25, 0.3) is 0 Å². The van der Waals surface area contributed by atoms with Gasteiger partial charge in [0.05, 0.1) is 30.1 Å². The molecular formula is C21H22BFN6O2. The number of amides is 1. The lowest BCUT2D eigenvalue weighted by Crippen LogP contribution is -2.35. The lowest BCUT2D eigenvalue weighted by molar-refractivity contribution is -0.122. The van der Waals surface area contributed by atoms with E-state index < -0.39 is 6.04 Å². The Bertz CT molecular complexity index is 1290. The molecule has 0 fully saturated rings. The van der Waals surface area contributed by atoms with Gasteiger partial charge < -0.3 is 16.2 Å². The molecule has 158 valence electrons. The van der Waals surface area contributed by atoms with Crippen LogP contribution in [0.5, 0.6) is 0 Å². The van der Waals surface area contributed by atoms with Gasteiger partial charge in [0.2, 0.25) is 5.91 Å². The zero-order valence-electron chi connectivity index (χ0n) is 17.3. The van der Waals surface area contributed by atoms with Crippen molar-refractivity contribution in [3.63, 3.8) is 0 Å². The summed E-state index contributed by atoms with van der Waals surface area (Å²) in [6.45, 7) is 3.55. The molecule has 10 heteroatoms. The van der Waals surface area contributed by atoms with E-state index in [2.05, 4.69) is 15.4 Å². The van der Waals surface area contributed by atoms with Gasteiger partial charge in [-0.25, -0.2) is 9.37 Å². The number of hydrogen-bond donors (Lipinski definition) is 3. The molecule has 1 aromatic carbocycles. The van der Waals surface area contributed by atoms with E-state index in [9.17, 15) is 9.18 Å². The zero-order valence-corrected chi connectivity index (χ0v) is 17.3. The van der Waals surface area contributed by atoms with Crippen LogP contribution < -0.4 is 16.5 Å². The Hall–Kier alpha value is -3.53. The average molecular weight is 420 g/mol. The summed E-state index contributed by atoms with van der Waals surface area (Å²) in [4.78, 5) is 21.2. The van der Waals surface area contributed by atoms with Gasteiger partial charge in [0, 0.05) is 29.1 Å². The van der Waals surface area contributed by atoms with Crippen LogP contribution in [0.15, 0.2) is 36.7 Å².